The van der Waals surface area contributed by atoms with Crippen molar-refractivity contribution in [1.29, 1.82) is 0 Å². The molecule has 3 aliphatic rings. The third kappa shape index (κ3) is 5.45. The topological polar surface area (TPSA) is 118 Å². The minimum atomic E-state index is -0.250. The van der Waals surface area contributed by atoms with Crippen molar-refractivity contribution in [3.8, 4) is 0 Å². The van der Waals surface area contributed by atoms with Crippen LogP contribution in [-0.4, -0.2) is 88.7 Å². The lowest BCUT2D eigenvalue weighted by molar-refractivity contribution is 0.00465. The molecule has 0 unspecified atom stereocenters. The lowest BCUT2D eigenvalue weighted by atomic mass is 10.0. The van der Waals surface area contributed by atoms with Crippen molar-refractivity contribution < 1.29 is 9.53 Å². The van der Waals surface area contributed by atoms with E-state index in [1.807, 2.05) is 12.3 Å². The van der Waals surface area contributed by atoms with Gasteiger partial charge >= 0.3 is 0 Å². The highest BCUT2D eigenvalue weighted by atomic mass is 16.5. The lowest BCUT2D eigenvalue weighted by Gasteiger charge is -2.38. The second-order valence-corrected chi connectivity index (χ2v) is 11.1. The monoisotopic (exact) mass is 546 g/mol. The number of fused-ring (bicyclic) bond motifs is 1. The summed E-state index contributed by atoms with van der Waals surface area (Å²) in [5.41, 5.74) is 2.28. The number of ether oxygens (including phenoxy) is 1. The number of hydrogen-bond donors (Lipinski definition) is 2. The zero-order valence-electron chi connectivity index (χ0n) is 23.4. The highest BCUT2D eigenvalue weighted by Crippen LogP contribution is 2.32. The number of carbonyl (C=O) groups is 1. The van der Waals surface area contributed by atoms with Gasteiger partial charge in [0.25, 0.3) is 5.56 Å². The number of ketones is 1. The number of rotatable bonds is 7. The van der Waals surface area contributed by atoms with E-state index in [1.54, 1.807) is 17.7 Å². The molecule has 212 valence electrons. The van der Waals surface area contributed by atoms with Crippen molar-refractivity contribution in [1.82, 2.24) is 29.7 Å². The zero-order chi connectivity index (χ0) is 27.6. The molecule has 2 saturated heterocycles. The van der Waals surface area contributed by atoms with Gasteiger partial charge in [0.15, 0.2) is 5.78 Å². The Balaban J connectivity index is 1.17. The summed E-state index contributed by atoms with van der Waals surface area (Å²) in [5, 5.41) is 7.35. The molecule has 5 heterocycles. The zero-order valence-corrected chi connectivity index (χ0v) is 23.4. The molecule has 0 bridgehead atoms. The van der Waals surface area contributed by atoms with Crippen LogP contribution >= 0.6 is 0 Å². The molecular weight excluding hydrogens is 508 g/mol. The smallest absolute Gasteiger partial charge is 0.263 e. The van der Waals surface area contributed by atoms with E-state index in [1.165, 1.54) is 6.92 Å². The Hall–Kier alpha value is -3.41. The van der Waals surface area contributed by atoms with Crippen molar-refractivity contribution in [2.45, 2.75) is 51.7 Å². The highest BCUT2D eigenvalue weighted by molar-refractivity contribution is 5.99. The third-order valence-corrected chi connectivity index (χ3v) is 8.44. The van der Waals surface area contributed by atoms with Gasteiger partial charge in [-0.2, -0.15) is 4.98 Å². The molecule has 11 nitrogen and oxygen atoms in total. The van der Waals surface area contributed by atoms with Gasteiger partial charge in [0, 0.05) is 63.4 Å². The Morgan fingerprint density at radius 2 is 1.93 bits per heavy atom. The van der Waals surface area contributed by atoms with Gasteiger partial charge in [-0.1, -0.05) is 12.8 Å². The average molecular weight is 547 g/mol. The third-order valence-electron chi connectivity index (χ3n) is 8.44. The maximum absolute atomic E-state index is 13.4. The van der Waals surface area contributed by atoms with Crippen LogP contribution in [0.4, 0.5) is 17.5 Å². The maximum Gasteiger partial charge on any atom is 0.263 e. The number of pyridine rings is 2. The first-order chi connectivity index (χ1) is 19.5. The predicted molar refractivity (Wildman–Crippen MR) is 155 cm³/mol. The molecule has 6 rings (SSSR count). The summed E-state index contributed by atoms with van der Waals surface area (Å²) >= 11 is 0. The summed E-state index contributed by atoms with van der Waals surface area (Å²) in [7, 11) is 0. The van der Waals surface area contributed by atoms with Gasteiger partial charge in [-0.3, -0.25) is 19.1 Å². The number of nitrogens with one attached hydrogen (secondary N) is 2. The number of aryl methyl sites for hydroxylation is 1. The Bertz CT molecular complexity index is 1420. The molecule has 3 aromatic rings. The van der Waals surface area contributed by atoms with Crippen LogP contribution in [0.1, 0.15) is 54.6 Å². The van der Waals surface area contributed by atoms with Gasteiger partial charge in [-0.25, -0.2) is 9.97 Å². The molecule has 0 radical (unpaired) electrons. The van der Waals surface area contributed by atoms with Crippen molar-refractivity contribution in [3.05, 3.63) is 46.0 Å². The molecule has 1 atom stereocenters. The molecule has 1 saturated carbocycles. The largest absolute Gasteiger partial charge is 0.374 e. The number of Topliss-reactive ketones (excluding diaryl/α,β-unsaturated/α-hetero) is 1. The standard InChI is InChI=1S/C29H38N8O3/c1-19-24-17-32-29(34-27(24)37(21-5-3-4-6-21)28(39)26(19)20(2)38)33-25-8-7-22(15-31-25)36-12-10-35(11-13-36)18-23-16-30-9-14-40-23/h7-8,15,17,21,23,30H,3-6,9-14,16,18H2,1-2H3,(H,31,32,33,34)/t23-/m1/s1. The van der Waals surface area contributed by atoms with Crippen LogP contribution in [0.2, 0.25) is 0 Å². The number of hydrogen-bond acceptors (Lipinski definition) is 10. The first-order valence-electron chi connectivity index (χ1n) is 14.4. The van der Waals surface area contributed by atoms with Crippen LogP contribution in [0, 0.1) is 6.92 Å². The molecule has 11 heteroatoms. The number of aromatic nitrogens is 4. The summed E-state index contributed by atoms with van der Waals surface area (Å²) in [5.74, 6) is 0.789. The predicted octanol–water partition coefficient (Wildman–Crippen LogP) is 2.67. The SMILES string of the molecule is CC(=O)c1c(C)c2cnc(Nc3ccc(N4CCN(C[C@H]5CNCCO5)CC4)cn3)nc2n(C2CCCC2)c1=O. The Labute approximate surface area is 234 Å². The lowest BCUT2D eigenvalue weighted by Crippen LogP contribution is -2.51. The Kier molecular flexibility index (Phi) is 7.77. The van der Waals surface area contributed by atoms with E-state index >= 15 is 0 Å². The summed E-state index contributed by atoms with van der Waals surface area (Å²) in [6.07, 6.45) is 7.81. The highest BCUT2D eigenvalue weighted by Gasteiger charge is 2.26. The molecule has 3 fully saturated rings. The van der Waals surface area contributed by atoms with Crippen LogP contribution in [0.15, 0.2) is 29.3 Å². The maximum atomic E-state index is 13.4. The second-order valence-electron chi connectivity index (χ2n) is 11.1. The van der Waals surface area contributed by atoms with Crippen molar-refractivity contribution in [3.63, 3.8) is 0 Å². The normalized spacial score (nSPS) is 20.8. The molecule has 0 amide bonds. The van der Waals surface area contributed by atoms with Gasteiger partial charge in [0.2, 0.25) is 5.95 Å². The molecule has 3 aromatic heterocycles. The van der Waals surface area contributed by atoms with Crippen molar-refractivity contribution in [2.24, 2.45) is 0 Å². The quantitative estimate of drug-likeness (QED) is 0.428. The second kappa shape index (κ2) is 11.6. The van der Waals surface area contributed by atoms with Crippen molar-refractivity contribution >= 4 is 34.3 Å². The van der Waals surface area contributed by atoms with Gasteiger partial charge < -0.3 is 20.3 Å². The van der Waals surface area contributed by atoms with Gasteiger partial charge in [-0.05, 0) is 44.4 Å². The molecule has 2 N–H and O–H groups in total. The number of piperazine rings is 1. The van der Waals surface area contributed by atoms with Crippen molar-refractivity contribution in [2.75, 3.05) is 62.6 Å². The molecule has 40 heavy (non-hydrogen) atoms. The molecule has 0 aromatic carbocycles. The number of morpholine rings is 1. The molecule has 0 spiro atoms. The minimum Gasteiger partial charge on any atom is -0.374 e. The van der Waals surface area contributed by atoms with E-state index in [4.69, 9.17) is 9.72 Å². The molecular formula is C29H38N8O3. The Morgan fingerprint density at radius 1 is 1.12 bits per heavy atom. The number of carbonyl (C=O) groups excluding carboxylic acids is 1. The molecule has 2 aliphatic heterocycles. The Morgan fingerprint density at radius 3 is 2.60 bits per heavy atom. The first kappa shape index (κ1) is 26.8. The van der Waals surface area contributed by atoms with E-state index in [9.17, 15) is 9.59 Å². The van der Waals surface area contributed by atoms with Gasteiger partial charge in [0.05, 0.1) is 30.2 Å². The molecule has 1 aliphatic carbocycles. The van der Waals surface area contributed by atoms with E-state index in [-0.39, 0.29) is 29.1 Å². The van der Waals surface area contributed by atoms with E-state index in [2.05, 4.69) is 36.5 Å². The van der Waals surface area contributed by atoms with Gasteiger partial charge in [-0.15, -0.1) is 0 Å². The van der Waals surface area contributed by atoms with Gasteiger partial charge in [0.1, 0.15) is 11.5 Å². The van der Waals surface area contributed by atoms with Crippen LogP contribution in [-0.2, 0) is 4.74 Å². The first-order valence-corrected chi connectivity index (χ1v) is 14.4. The van der Waals surface area contributed by atoms with E-state index in [0.717, 1.165) is 89.2 Å². The summed E-state index contributed by atoms with van der Waals surface area (Å²) in [4.78, 5) is 44.5. The van der Waals surface area contributed by atoms with Crippen LogP contribution < -0.4 is 21.1 Å². The summed E-state index contributed by atoms with van der Waals surface area (Å²) < 4.78 is 7.59. The van der Waals surface area contributed by atoms with Crippen LogP contribution in [0.25, 0.3) is 11.0 Å². The summed E-state index contributed by atoms with van der Waals surface area (Å²) in [6.45, 7) is 10.8. The number of nitrogens with zero attached hydrogens (tertiary/aromatic N) is 6. The van der Waals surface area contributed by atoms with Crippen LogP contribution in [0.5, 0.6) is 0 Å². The van der Waals surface area contributed by atoms with Crippen LogP contribution in [0.3, 0.4) is 0 Å². The number of anilines is 3. The average Bonchev–Trinajstić information content (AvgIpc) is 3.49. The minimum absolute atomic E-state index is 0.0428. The summed E-state index contributed by atoms with van der Waals surface area (Å²) in [6, 6.07) is 4.05. The fourth-order valence-corrected chi connectivity index (χ4v) is 6.28. The van der Waals surface area contributed by atoms with E-state index in [0.29, 0.717) is 23.0 Å². The fraction of sp³-hybridized carbons (Fsp3) is 0.552. The fourth-order valence-electron chi connectivity index (χ4n) is 6.28. The van der Waals surface area contributed by atoms with E-state index < -0.39 is 0 Å².